The zero-order valence-corrected chi connectivity index (χ0v) is 11.5. The highest BCUT2D eigenvalue weighted by Gasteiger charge is 2.14. The Balaban J connectivity index is 2.65. The second-order valence-corrected chi connectivity index (χ2v) is 4.41. The first kappa shape index (κ1) is 13.6. The van der Waals surface area contributed by atoms with Gasteiger partial charge in [0.15, 0.2) is 0 Å². The Morgan fingerprint density at radius 2 is 2.31 bits per heavy atom. The average molecular weight is 287 g/mol. The van der Waals surface area contributed by atoms with Gasteiger partial charge in [-0.2, -0.15) is 0 Å². The van der Waals surface area contributed by atoms with Crippen LogP contribution in [0.2, 0.25) is 0 Å². The molecule has 0 aliphatic rings. The zero-order chi connectivity index (χ0) is 11.8. The van der Waals surface area contributed by atoms with Crippen LogP contribution in [-0.4, -0.2) is 24.7 Å². The molecule has 3 nitrogen and oxygen atoms in total. The van der Waals surface area contributed by atoms with Crippen LogP contribution < -0.4 is 5.32 Å². The van der Waals surface area contributed by atoms with Crippen molar-refractivity contribution in [3.05, 3.63) is 28.5 Å². The first-order chi connectivity index (χ1) is 7.79. The number of hydrogen-bond donors (Lipinski definition) is 1. The van der Waals surface area contributed by atoms with Crippen molar-refractivity contribution in [1.29, 1.82) is 0 Å². The van der Waals surface area contributed by atoms with Crippen LogP contribution in [0.4, 0.5) is 0 Å². The monoisotopic (exact) mass is 286 g/mol. The Morgan fingerprint density at radius 3 is 2.94 bits per heavy atom. The Bertz CT molecular complexity index is 307. The predicted molar refractivity (Wildman–Crippen MR) is 69.5 cm³/mol. The lowest BCUT2D eigenvalue weighted by atomic mass is 10.2. The Labute approximate surface area is 106 Å². The third kappa shape index (κ3) is 4.20. The molecule has 1 N–H and O–H groups in total. The lowest BCUT2D eigenvalue weighted by molar-refractivity contribution is 0.111. The molecule has 0 aliphatic heterocycles. The molecular formula is C12H19BrN2O. The van der Waals surface area contributed by atoms with E-state index in [2.05, 4.69) is 40.1 Å². The Hall–Kier alpha value is -0.450. The number of halogens is 1. The molecule has 0 amide bonds. The Morgan fingerprint density at radius 1 is 1.50 bits per heavy atom. The largest absolute Gasteiger partial charge is 0.379 e. The van der Waals surface area contributed by atoms with Gasteiger partial charge in [-0.15, -0.1) is 0 Å². The number of nitrogens with zero attached hydrogens (tertiary/aromatic N) is 1. The fraction of sp³-hybridized carbons (Fsp3) is 0.583. The minimum atomic E-state index is 0.159. The second-order valence-electron chi connectivity index (χ2n) is 3.56. The molecule has 0 radical (unpaired) electrons. The molecule has 16 heavy (non-hydrogen) atoms. The molecule has 1 unspecified atom stereocenters. The highest BCUT2D eigenvalue weighted by Crippen LogP contribution is 2.20. The second kappa shape index (κ2) is 7.76. The van der Waals surface area contributed by atoms with Crippen LogP contribution in [0, 0.1) is 0 Å². The van der Waals surface area contributed by atoms with Crippen LogP contribution in [-0.2, 0) is 4.74 Å². The summed E-state index contributed by atoms with van der Waals surface area (Å²) in [4.78, 5) is 4.39. The van der Waals surface area contributed by atoms with Gasteiger partial charge < -0.3 is 10.1 Å². The molecule has 4 heteroatoms. The fourth-order valence-electron chi connectivity index (χ4n) is 1.48. The topological polar surface area (TPSA) is 34.1 Å². The number of nitrogens with one attached hydrogen (secondary N) is 1. The van der Waals surface area contributed by atoms with E-state index in [0.717, 1.165) is 29.7 Å². The number of ether oxygens (including phenoxy) is 1. The molecule has 0 aliphatic carbocycles. The van der Waals surface area contributed by atoms with Crippen LogP contribution in [0.3, 0.4) is 0 Å². The molecule has 1 atom stereocenters. The third-order valence-corrected chi connectivity index (χ3v) is 2.87. The number of hydrogen-bond acceptors (Lipinski definition) is 3. The zero-order valence-electron chi connectivity index (χ0n) is 9.87. The van der Waals surface area contributed by atoms with Gasteiger partial charge in [0.05, 0.1) is 18.3 Å². The summed E-state index contributed by atoms with van der Waals surface area (Å²) in [6.07, 6.45) is 2.85. The van der Waals surface area contributed by atoms with Crippen LogP contribution in [0.15, 0.2) is 22.8 Å². The molecule has 1 aromatic rings. The van der Waals surface area contributed by atoms with Gasteiger partial charge >= 0.3 is 0 Å². The van der Waals surface area contributed by atoms with E-state index in [1.165, 1.54) is 0 Å². The predicted octanol–water partition coefficient (Wildman–Crippen LogP) is 2.92. The van der Waals surface area contributed by atoms with Crippen LogP contribution in [0.1, 0.15) is 32.0 Å². The van der Waals surface area contributed by atoms with Gasteiger partial charge in [-0.3, -0.25) is 4.98 Å². The van der Waals surface area contributed by atoms with Crippen molar-refractivity contribution in [3.8, 4) is 0 Å². The van der Waals surface area contributed by atoms with Crippen LogP contribution >= 0.6 is 15.9 Å². The number of rotatable bonds is 7. The Kier molecular flexibility index (Phi) is 6.61. The minimum Gasteiger partial charge on any atom is -0.379 e. The van der Waals surface area contributed by atoms with Crippen LogP contribution in [0.5, 0.6) is 0 Å². The van der Waals surface area contributed by atoms with Crippen molar-refractivity contribution in [1.82, 2.24) is 10.3 Å². The molecule has 0 saturated carbocycles. The van der Waals surface area contributed by atoms with Crippen molar-refractivity contribution in [3.63, 3.8) is 0 Å². The normalized spacial score (nSPS) is 12.7. The number of likely N-dealkylation sites (N-methyl/N-ethyl adjacent to an activating group) is 1. The van der Waals surface area contributed by atoms with Gasteiger partial charge in [0.2, 0.25) is 0 Å². The first-order valence-electron chi connectivity index (χ1n) is 5.71. The summed E-state index contributed by atoms with van der Waals surface area (Å²) < 4.78 is 6.61. The van der Waals surface area contributed by atoms with Crippen molar-refractivity contribution < 1.29 is 4.74 Å². The third-order valence-electron chi connectivity index (χ3n) is 2.20. The molecule has 0 saturated heterocycles. The lowest BCUT2D eigenvalue weighted by Crippen LogP contribution is -2.26. The summed E-state index contributed by atoms with van der Waals surface area (Å²) >= 11 is 3.52. The average Bonchev–Trinajstić information content (AvgIpc) is 2.29. The summed E-state index contributed by atoms with van der Waals surface area (Å²) in [6, 6.07) is 4.09. The summed E-state index contributed by atoms with van der Waals surface area (Å²) in [6.45, 7) is 6.56. The number of pyridine rings is 1. The molecular weight excluding hydrogens is 268 g/mol. The maximum atomic E-state index is 5.58. The van der Waals surface area contributed by atoms with Crippen molar-refractivity contribution in [2.45, 2.75) is 26.3 Å². The minimum absolute atomic E-state index is 0.159. The van der Waals surface area contributed by atoms with E-state index < -0.39 is 0 Å². The van der Waals surface area contributed by atoms with Crippen LogP contribution in [0.25, 0.3) is 0 Å². The van der Waals surface area contributed by atoms with Gasteiger partial charge in [-0.1, -0.05) is 13.8 Å². The van der Waals surface area contributed by atoms with Crippen molar-refractivity contribution in [2.75, 3.05) is 19.8 Å². The molecule has 0 bridgehead atoms. The molecule has 1 aromatic heterocycles. The first-order valence-corrected chi connectivity index (χ1v) is 6.50. The van der Waals surface area contributed by atoms with Gasteiger partial charge in [-0.05, 0) is 41.0 Å². The van der Waals surface area contributed by atoms with E-state index in [1.807, 2.05) is 18.3 Å². The highest BCUT2D eigenvalue weighted by atomic mass is 79.9. The van der Waals surface area contributed by atoms with Crippen molar-refractivity contribution in [2.24, 2.45) is 0 Å². The molecule has 0 aromatic carbocycles. The van der Waals surface area contributed by atoms with Gasteiger partial charge in [-0.25, -0.2) is 0 Å². The van der Waals surface area contributed by atoms with Gasteiger partial charge in [0.1, 0.15) is 0 Å². The summed E-state index contributed by atoms with van der Waals surface area (Å²) in [5, 5.41) is 3.38. The van der Waals surface area contributed by atoms with E-state index >= 15 is 0 Å². The maximum Gasteiger partial charge on any atom is 0.0744 e. The summed E-state index contributed by atoms with van der Waals surface area (Å²) in [5.41, 5.74) is 1.01. The van der Waals surface area contributed by atoms with E-state index in [4.69, 9.17) is 4.74 Å². The molecule has 90 valence electrons. The van der Waals surface area contributed by atoms with Gasteiger partial charge in [0.25, 0.3) is 0 Å². The van der Waals surface area contributed by atoms with E-state index in [0.29, 0.717) is 6.61 Å². The van der Waals surface area contributed by atoms with E-state index in [1.54, 1.807) is 0 Å². The van der Waals surface area contributed by atoms with Crippen molar-refractivity contribution >= 4 is 15.9 Å². The maximum absolute atomic E-state index is 5.58. The molecule has 1 heterocycles. The smallest absolute Gasteiger partial charge is 0.0744 e. The molecule has 1 rings (SSSR count). The highest BCUT2D eigenvalue weighted by molar-refractivity contribution is 9.10. The SMILES string of the molecule is CCCOCC(NCC)c1ncccc1Br. The summed E-state index contributed by atoms with van der Waals surface area (Å²) in [5.74, 6) is 0. The molecule has 0 spiro atoms. The summed E-state index contributed by atoms with van der Waals surface area (Å²) in [7, 11) is 0. The lowest BCUT2D eigenvalue weighted by Gasteiger charge is -2.18. The van der Waals surface area contributed by atoms with Gasteiger partial charge in [0, 0.05) is 17.3 Å². The number of aromatic nitrogens is 1. The standard InChI is InChI=1S/C12H19BrN2O/c1-3-8-16-9-11(14-4-2)12-10(13)6-5-7-15-12/h5-7,11,14H,3-4,8-9H2,1-2H3. The van der Waals surface area contributed by atoms with E-state index in [-0.39, 0.29) is 6.04 Å². The molecule has 0 fully saturated rings. The fourth-order valence-corrected chi connectivity index (χ4v) is 2.01. The van der Waals surface area contributed by atoms with E-state index in [9.17, 15) is 0 Å². The quantitative estimate of drug-likeness (QED) is 0.783.